The molecule has 0 amide bonds. The summed E-state index contributed by atoms with van der Waals surface area (Å²) in [5, 5.41) is 3.81. The molecule has 21 heavy (non-hydrogen) atoms. The molecule has 1 saturated carbocycles. The van der Waals surface area contributed by atoms with Crippen molar-refractivity contribution in [2.24, 2.45) is 5.92 Å². The molecule has 2 aliphatic rings. The first kappa shape index (κ1) is 14.9. The standard InChI is InChI=1S/C17H28N4/c1-14(2)15-11-21(12-16-18-9-6-10-19-16)17(13-20-15)7-4-3-5-8-17/h6,9-10,14-15,20H,3-5,7-8,11-13H2,1-2H3. The lowest BCUT2D eigenvalue weighted by atomic mass is 9.77. The third-order valence-electron chi connectivity index (χ3n) is 5.32. The Bertz CT molecular complexity index is 439. The molecule has 1 aromatic rings. The van der Waals surface area contributed by atoms with Crippen LogP contribution in [0.5, 0.6) is 0 Å². The molecule has 1 N–H and O–H groups in total. The van der Waals surface area contributed by atoms with Gasteiger partial charge >= 0.3 is 0 Å². The molecule has 2 heterocycles. The molecule has 1 aliphatic heterocycles. The van der Waals surface area contributed by atoms with Crippen LogP contribution < -0.4 is 5.32 Å². The first-order valence-corrected chi connectivity index (χ1v) is 8.44. The van der Waals surface area contributed by atoms with Crippen molar-refractivity contribution in [3.05, 3.63) is 24.3 Å². The van der Waals surface area contributed by atoms with Crippen LogP contribution in [-0.4, -0.2) is 39.5 Å². The van der Waals surface area contributed by atoms with E-state index < -0.39 is 0 Å². The van der Waals surface area contributed by atoms with Crippen LogP contribution in [0.3, 0.4) is 0 Å². The molecular formula is C17H28N4. The van der Waals surface area contributed by atoms with Crippen LogP contribution in [0.2, 0.25) is 0 Å². The molecule has 2 fully saturated rings. The Balaban J connectivity index is 1.78. The fourth-order valence-corrected chi connectivity index (χ4v) is 3.89. The highest BCUT2D eigenvalue weighted by molar-refractivity contribution is 5.03. The molecular weight excluding hydrogens is 260 g/mol. The first-order valence-electron chi connectivity index (χ1n) is 8.44. The summed E-state index contributed by atoms with van der Waals surface area (Å²) in [5.74, 6) is 1.64. The SMILES string of the molecule is CC(C)C1CN(Cc2ncccn2)C2(CCCCC2)CN1. The topological polar surface area (TPSA) is 41.1 Å². The van der Waals surface area contributed by atoms with E-state index in [-0.39, 0.29) is 0 Å². The van der Waals surface area contributed by atoms with Crippen molar-refractivity contribution in [3.8, 4) is 0 Å². The number of hydrogen-bond acceptors (Lipinski definition) is 4. The van der Waals surface area contributed by atoms with Crippen LogP contribution >= 0.6 is 0 Å². The van der Waals surface area contributed by atoms with Crippen molar-refractivity contribution in [2.75, 3.05) is 13.1 Å². The highest BCUT2D eigenvalue weighted by Crippen LogP contribution is 2.36. The van der Waals surface area contributed by atoms with Crippen molar-refractivity contribution < 1.29 is 0 Å². The van der Waals surface area contributed by atoms with E-state index in [0.717, 1.165) is 25.5 Å². The van der Waals surface area contributed by atoms with E-state index >= 15 is 0 Å². The minimum atomic E-state index is 0.336. The number of piperazine rings is 1. The van der Waals surface area contributed by atoms with E-state index in [2.05, 4.69) is 34.0 Å². The maximum absolute atomic E-state index is 4.45. The van der Waals surface area contributed by atoms with Crippen LogP contribution in [0.1, 0.15) is 51.8 Å². The Morgan fingerprint density at radius 3 is 2.62 bits per heavy atom. The maximum atomic E-state index is 4.45. The van der Waals surface area contributed by atoms with Crippen molar-refractivity contribution in [3.63, 3.8) is 0 Å². The minimum Gasteiger partial charge on any atom is -0.311 e. The number of nitrogens with one attached hydrogen (secondary N) is 1. The number of hydrogen-bond donors (Lipinski definition) is 1. The lowest BCUT2D eigenvalue weighted by Crippen LogP contribution is -2.65. The lowest BCUT2D eigenvalue weighted by Gasteiger charge is -2.52. The predicted molar refractivity (Wildman–Crippen MR) is 84.9 cm³/mol. The summed E-state index contributed by atoms with van der Waals surface area (Å²) in [6, 6.07) is 2.48. The van der Waals surface area contributed by atoms with Gasteiger partial charge in [0, 0.05) is 37.1 Å². The molecule has 1 spiro atoms. The average Bonchev–Trinajstić information content (AvgIpc) is 2.51. The van der Waals surface area contributed by atoms with Gasteiger partial charge in [0.15, 0.2) is 0 Å². The van der Waals surface area contributed by atoms with Crippen LogP contribution in [0.15, 0.2) is 18.5 Å². The molecule has 116 valence electrons. The lowest BCUT2D eigenvalue weighted by molar-refractivity contribution is -0.00593. The second kappa shape index (κ2) is 6.41. The zero-order chi connectivity index (χ0) is 14.7. The van der Waals surface area contributed by atoms with Gasteiger partial charge in [-0.25, -0.2) is 9.97 Å². The van der Waals surface area contributed by atoms with E-state index in [1.807, 2.05) is 18.5 Å². The van der Waals surface area contributed by atoms with Crippen LogP contribution in [0.4, 0.5) is 0 Å². The minimum absolute atomic E-state index is 0.336. The molecule has 0 radical (unpaired) electrons. The van der Waals surface area contributed by atoms with Gasteiger partial charge in [-0.05, 0) is 24.8 Å². The fraction of sp³-hybridized carbons (Fsp3) is 0.765. The third kappa shape index (κ3) is 3.27. The molecule has 4 heteroatoms. The maximum Gasteiger partial charge on any atom is 0.142 e. The van der Waals surface area contributed by atoms with E-state index in [9.17, 15) is 0 Å². The largest absolute Gasteiger partial charge is 0.311 e. The zero-order valence-electron chi connectivity index (χ0n) is 13.4. The Kier molecular flexibility index (Phi) is 4.55. The first-order chi connectivity index (χ1) is 10.2. The van der Waals surface area contributed by atoms with Gasteiger partial charge in [-0.2, -0.15) is 0 Å². The van der Waals surface area contributed by atoms with Gasteiger partial charge in [-0.1, -0.05) is 33.1 Å². The van der Waals surface area contributed by atoms with Crippen molar-refractivity contribution in [1.82, 2.24) is 20.2 Å². The van der Waals surface area contributed by atoms with Crippen LogP contribution in [0, 0.1) is 5.92 Å². The number of nitrogens with zero attached hydrogens (tertiary/aromatic N) is 3. The summed E-state index contributed by atoms with van der Waals surface area (Å²) < 4.78 is 0. The van der Waals surface area contributed by atoms with Crippen LogP contribution in [-0.2, 0) is 6.54 Å². The number of rotatable bonds is 3. The highest BCUT2D eigenvalue weighted by atomic mass is 15.3. The Hall–Kier alpha value is -1.00. The summed E-state index contributed by atoms with van der Waals surface area (Å²) in [5.41, 5.74) is 0.336. The Morgan fingerprint density at radius 1 is 1.24 bits per heavy atom. The van der Waals surface area contributed by atoms with Gasteiger partial charge in [0.2, 0.25) is 0 Å². The Morgan fingerprint density at radius 2 is 1.95 bits per heavy atom. The zero-order valence-corrected chi connectivity index (χ0v) is 13.4. The highest BCUT2D eigenvalue weighted by Gasteiger charge is 2.42. The van der Waals surface area contributed by atoms with Gasteiger partial charge in [-0.15, -0.1) is 0 Å². The molecule has 4 nitrogen and oxygen atoms in total. The smallest absolute Gasteiger partial charge is 0.142 e. The quantitative estimate of drug-likeness (QED) is 0.928. The van der Waals surface area contributed by atoms with Crippen molar-refractivity contribution >= 4 is 0 Å². The summed E-state index contributed by atoms with van der Waals surface area (Å²) >= 11 is 0. The van der Waals surface area contributed by atoms with Gasteiger partial charge < -0.3 is 5.32 Å². The van der Waals surface area contributed by atoms with E-state index in [4.69, 9.17) is 0 Å². The number of aromatic nitrogens is 2. The van der Waals surface area contributed by atoms with Crippen LogP contribution in [0.25, 0.3) is 0 Å². The predicted octanol–water partition coefficient (Wildman–Crippen LogP) is 2.61. The normalized spacial score (nSPS) is 26.3. The molecule has 1 saturated heterocycles. The summed E-state index contributed by atoms with van der Waals surface area (Å²) in [6.07, 6.45) is 10.5. The molecule has 1 atom stereocenters. The molecule has 1 aliphatic carbocycles. The molecule has 1 aromatic heterocycles. The van der Waals surface area contributed by atoms with Gasteiger partial charge in [0.1, 0.15) is 5.82 Å². The average molecular weight is 288 g/mol. The van der Waals surface area contributed by atoms with Crippen molar-refractivity contribution in [2.45, 2.75) is 64.1 Å². The molecule has 1 unspecified atom stereocenters. The molecule has 3 rings (SSSR count). The third-order valence-corrected chi connectivity index (χ3v) is 5.32. The van der Waals surface area contributed by atoms with E-state index in [0.29, 0.717) is 17.5 Å². The van der Waals surface area contributed by atoms with E-state index in [1.165, 1.54) is 32.1 Å². The summed E-state index contributed by atoms with van der Waals surface area (Å²) in [7, 11) is 0. The summed E-state index contributed by atoms with van der Waals surface area (Å²) in [6.45, 7) is 7.77. The Labute approximate surface area is 128 Å². The van der Waals surface area contributed by atoms with Gasteiger partial charge in [-0.3, -0.25) is 4.90 Å². The molecule has 0 aromatic carbocycles. The van der Waals surface area contributed by atoms with Crippen molar-refractivity contribution in [1.29, 1.82) is 0 Å². The summed E-state index contributed by atoms with van der Waals surface area (Å²) in [4.78, 5) is 11.6. The second-order valence-corrected chi connectivity index (χ2v) is 7.06. The monoisotopic (exact) mass is 288 g/mol. The van der Waals surface area contributed by atoms with Gasteiger partial charge in [0.25, 0.3) is 0 Å². The fourth-order valence-electron chi connectivity index (χ4n) is 3.89. The van der Waals surface area contributed by atoms with E-state index in [1.54, 1.807) is 0 Å². The van der Waals surface area contributed by atoms with Gasteiger partial charge in [0.05, 0.1) is 6.54 Å². The second-order valence-electron chi connectivity index (χ2n) is 7.06. The molecule has 0 bridgehead atoms.